The second-order valence-corrected chi connectivity index (χ2v) is 6.95. The van der Waals surface area contributed by atoms with Gasteiger partial charge in [0.25, 0.3) is 5.91 Å². The van der Waals surface area contributed by atoms with E-state index in [0.29, 0.717) is 31.7 Å². The Labute approximate surface area is 153 Å². The Morgan fingerprint density at radius 1 is 1.38 bits per heavy atom. The third-order valence-electron chi connectivity index (χ3n) is 4.43. The summed E-state index contributed by atoms with van der Waals surface area (Å²) >= 11 is 0. The summed E-state index contributed by atoms with van der Waals surface area (Å²) in [4.78, 5) is 41.7. The number of carbonyl (C=O) groups is 2. The molecule has 1 saturated heterocycles. The van der Waals surface area contributed by atoms with Crippen LogP contribution in [-0.2, 0) is 4.79 Å². The zero-order valence-corrected chi connectivity index (χ0v) is 15.9. The Morgan fingerprint density at radius 3 is 2.73 bits per heavy atom. The van der Waals surface area contributed by atoms with E-state index in [1.165, 1.54) is 17.8 Å². The number of amides is 2. The van der Waals surface area contributed by atoms with E-state index in [-0.39, 0.29) is 29.0 Å². The number of aromatic amines is 1. The fourth-order valence-electron chi connectivity index (χ4n) is 3.09. The van der Waals surface area contributed by atoms with Gasteiger partial charge in [-0.3, -0.25) is 19.3 Å². The minimum Gasteiger partial charge on any atom is -0.364 e. The normalized spacial score (nSPS) is 19.8. The maximum absolute atomic E-state index is 12.4. The number of likely N-dealkylation sites (tertiary alicyclic amines) is 1. The molecule has 3 N–H and O–H groups in total. The predicted octanol–water partition coefficient (Wildman–Crippen LogP) is 0.958. The summed E-state index contributed by atoms with van der Waals surface area (Å²) in [5.74, 6) is -0.436. The Hall–Kier alpha value is -2.41. The molecule has 1 fully saturated rings. The van der Waals surface area contributed by atoms with Gasteiger partial charge in [-0.2, -0.15) is 0 Å². The highest BCUT2D eigenvalue weighted by Crippen LogP contribution is 2.19. The number of likely N-dealkylation sites (N-methyl/N-ethyl adjacent to an activating group) is 1. The average Bonchev–Trinajstić information content (AvgIpc) is 2.95. The van der Waals surface area contributed by atoms with E-state index < -0.39 is 5.91 Å². The lowest BCUT2D eigenvalue weighted by Crippen LogP contribution is -2.43. The summed E-state index contributed by atoms with van der Waals surface area (Å²) in [6, 6.07) is 0.941. The van der Waals surface area contributed by atoms with Crippen molar-refractivity contribution in [2.24, 2.45) is 0 Å². The quantitative estimate of drug-likeness (QED) is 0.659. The van der Waals surface area contributed by atoms with Crippen LogP contribution in [-0.4, -0.2) is 53.4 Å². The molecule has 1 aliphatic rings. The maximum Gasteiger partial charge on any atom is 0.257 e. The van der Waals surface area contributed by atoms with E-state index >= 15 is 0 Å². The Kier molecular flexibility index (Phi) is 6.74. The molecule has 2 atom stereocenters. The van der Waals surface area contributed by atoms with E-state index in [0.717, 1.165) is 0 Å². The summed E-state index contributed by atoms with van der Waals surface area (Å²) in [6.07, 6.45) is 4.03. The number of aryl methyl sites for hydroxylation is 1. The van der Waals surface area contributed by atoms with Gasteiger partial charge in [-0.25, -0.2) is 0 Å². The number of nitrogens with zero attached hydrogens (tertiary/aromatic N) is 1. The Balaban J connectivity index is 2.09. The van der Waals surface area contributed by atoms with Gasteiger partial charge < -0.3 is 15.6 Å². The molecule has 7 heteroatoms. The van der Waals surface area contributed by atoms with Crippen LogP contribution in [0, 0.1) is 6.92 Å². The number of carbonyl (C=O) groups excluding carboxylic acids is 2. The molecule has 0 radical (unpaired) electrons. The van der Waals surface area contributed by atoms with Crippen LogP contribution in [0.15, 0.2) is 28.7 Å². The number of nitrogens with one attached hydrogen (secondary N) is 3. The van der Waals surface area contributed by atoms with Crippen molar-refractivity contribution in [3.8, 4) is 0 Å². The molecule has 1 aromatic heterocycles. The number of H-pyrrole nitrogens is 1. The number of hydrogen-bond acceptors (Lipinski definition) is 4. The Bertz CT molecular complexity index is 749. The van der Waals surface area contributed by atoms with Gasteiger partial charge >= 0.3 is 0 Å². The molecule has 2 amide bonds. The monoisotopic (exact) mass is 360 g/mol. The molecule has 0 aromatic carbocycles. The maximum atomic E-state index is 12.4. The van der Waals surface area contributed by atoms with Crippen LogP contribution in [0.1, 0.15) is 43.2 Å². The summed E-state index contributed by atoms with van der Waals surface area (Å²) in [6.45, 7) is 9.47. The van der Waals surface area contributed by atoms with Crippen molar-refractivity contribution in [3.05, 3.63) is 45.4 Å². The third-order valence-corrected chi connectivity index (χ3v) is 4.43. The first kappa shape index (κ1) is 19.9. The van der Waals surface area contributed by atoms with E-state index in [9.17, 15) is 14.4 Å². The summed E-state index contributed by atoms with van der Waals surface area (Å²) in [5, 5.41) is 5.76. The largest absolute Gasteiger partial charge is 0.364 e. The summed E-state index contributed by atoms with van der Waals surface area (Å²) in [7, 11) is 0. The van der Waals surface area contributed by atoms with Gasteiger partial charge in [0, 0.05) is 43.6 Å². The van der Waals surface area contributed by atoms with Crippen LogP contribution in [0.4, 0.5) is 0 Å². The van der Waals surface area contributed by atoms with Crippen LogP contribution in [0.25, 0.3) is 0 Å². The van der Waals surface area contributed by atoms with Crippen molar-refractivity contribution < 1.29 is 9.59 Å². The molecule has 1 aliphatic heterocycles. The van der Waals surface area contributed by atoms with E-state index in [4.69, 9.17) is 0 Å². The highest BCUT2D eigenvalue weighted by Gasteiger charge is 2.36. The predicted molar refractivity (Wildman–Crippen MR) is 101 cm³/mol. The minimum absolute atomic E-state index is 0.0282. The molecule has 142 valence electrons. The van der Waals surface area contributed by atoms with E-state index in [2.05, 4.69) is 26.6 Å². The fraction of sp³-hybridized carbons (Fsp3) is 0.526. The number of allylic oxidation sites excluding steroid dienone is 1. The molecule has 0 saturated carbocycles. The average molecular weight is 360 g/mol. The Morgan fingerprint density at radius 2 is 2.12 bits per heavy atom. The molecule has 0 aliphatic carbocycles. The van der Waals surface area contributed by atoms with Gasteiger partial charge in [0.15, 0.2) is 5.43 Å². The number of aromatic nitrogens is 1. The molecule has 7 nitrogen and oxygen atoms in total. The van der Waals surface area contributed by atoms with Crippen molar-refractivity contribution in [2.45, 2.75) is 46.2 Å². The lowest BCUT2D eigenvalue weighted by molar-refractivity contribution is -0.125. The lowest BCUT2D eigenvalue weighted by Gasteiger charge is -2.21. The van der Waals surface area contributed by atoms with Gasteiger partial charge in [0.1, 0.15) is 5.56 Å². The second kappa shape index (κ2) is 8.80. The molecule has 26 heavy (non-hydrogen) atoms. The van der Waals surface area contributed by atoms with Crippen molar-refractivity contribution in [2.75, 3.05) is 19.6 Å². The van der Waals surface area contributed by atoms with Gasteiger partial charge in [-0.1, -0.05) is 11.6 Å². The van der Waals surface area contributed by atoms with Crippen molar-refractivity contribution in [1.29, 1.82) is 0 Å². The highest BCUT2D eigenvalue weighted by molar-refractivity contribution is 5.94. The van der Waals surface area contributed by atoms with Crippen LogP contribution >= 0.6 is 0 Å². The topological polar surface area (TPSA) is 94.3 Å². The van der Waals surface area contributed by atoms with E-state index in [1.54, 1.807) is 6.92 Å². The van der Waals surface area contributed by atoms with Gasteiger partial charge in [-0.05, 0) is 34.1 Å². The zero-order valence-electron chi connectivity index (χ0n) is 15.9. The third kappa shape index (κ3) is 5.05. The molecular formula is C19H28N4O3. The SMILES string of the molecule is CCNC(=O)[C@@H]1C[C@H](NC(=O)c2c[nH]c(C)cc2=O)CN1CC=C(C)C. The van der Waals surface area contributed by atoms with E-state index in [1.807, 2.05) is 20.8 Å². The lowest BCUT2D eigenvalue weighted by atomic mass is 10.1. The molecule has 1 aromatic rings. The first-order chi connectivity index (χ1) is 12.3. The summed E-state index contributed by atoms with van der Waals surface area (Å²) in [5.41, 5.74) is 1.67. The van der Waals surface area contributed by atoms with Crippen LogP contribution in [0.5, 0.6) is 0 Å². The van der Waals surface area contributed by atoms with Gasteiger partial charge in [0.2, 0.25) is 5.91 Å². The van der Waals surface area contributed by atoms with Crippen molar-refractivity contribution in [1.82, 2.24) is 20.5 Å². The first-order valence-electron chi connectivity index (χ1n) is 8.97. The van der Waals surface area contributed by atoms with Crippen molar-refractivity contribution in [3.63, 3.8) is 0 Å². The molecule has 0 unspecified atom stereocenters. The van der Waals surface area contributed by atoms with Crippen LogP contribution < -0.4 is 16.1 Å². The molecular weight excluding hydrogens is 332 g/mol. The number of hydrogen-bond donors (Lipinski definition) is 3. The molecule has 0 spiro atoms. The van der Waals surface area contributed by atoms with Crippen LogP contribution in [0.2, 0.25) is 0 Å². The molecule has 2 heterocycles. The number of rotatable bonds is 6. The first-order valence-corrected chi connectivity index (χ1v) is 8.97. The summed E-state index contributed by atoms with van der Waals surface area (Å²) < 4.78 is 0. The molecule has 0 bridgehead atoms. The highest BCUT2D eigenvalue weighted by atomic mass is 16.2. The molecule has 2 rings (SSSR count). The van der Waals surface area contributed by atoms with Crippen molar-refractivity contribution >= 4 is 11.8 Å². The second-order valence-electron chi connectivity index (χ2n) is 6.95. The van der Waals surface area contributed by atoms with Gasteiger partial charge in [0.05, 0.1) is 6.04 Å². The minimum atomic E-state index is -0.407. The smallest absolute Gasteiger partial charge is 0.257 e. The van der Waals surface area contributed by atoms with Crippen LogP contribution in [0.3, 0.4) is 0 Å². The fourth-order valence-corrected chi connectivity index (χ4v) is 3.09. The van der Waals surface area contributed by atoms with Gasteiger partial charge in [-0.15, -0.1) is 0 Å². The zero-order chi connectivity index (χ0) is 19.3. The standard InChI is InChI=1S/C19H28N4O3/c1-5-20-19(26)16-9-14(11-23(16)7-6-12(2)3)22-18(25)15-10-21-13(4)8-17(15)24/h6,8,10,14,16H,5,7,9,11H2,1-4H3,(H,20,26)(H,21,24)(H,22,25)/t14-,16-/m0/s1. The number of pyridine rings is 1.